The van der Waals surface area contributed by atoms with Crippen molar-refractivity contribution in [3.63, 3.8) is 0 Å². The van der Waals surface area contributed by atoms with E-state index >= 15 is 0 Å². The van der Waals surface area contributed by atoms with Gasteiger partial charge in [0.15, 0.2) is 0 Å². The number of anilines is 1. The van der Waals surface area contributed by atoms with E-state index in [-0.39, 0.29) is 23.6 Å². The van der Waals surface area contributed by atoms with Crippen molar-refractivity contribution in [2.24, 2.45) is 5.92 Å². The monoisotopic (exact) mass is 343 g/mol. The maximum Gasteiger partial charge on any atom is 0.254 e. The lowest BCUT2D eigenvalue weighted by molar-refractivity contribution is -0.124. The quantitative estimate of drug-likeness (QED) is 0.777. The van der Waals surface area contributed by atoms with Gasteiger partial charge in [-0.15, -0.1) is 6.58 Å². The van der Waals surface area contributed by atoms with E-state index in [9.17, 15) is 14.4 Å². The van der Waals surface area contributed by atoms with Crippen molar-refractivity contribution in [3.8, 4) is 0 Å². The molecule has 0 radical (unpaired) electrons. The van der Waals surface area contributed by atoms with Gasteiger partial charge in [-0.2, -0.15) is 0 Å². The van der Waals surface area contributed by atoms with Gasteiger partial charge in [0.25, 0.3) is 5.91 Å². The Morgan fingerprint density at radius 2 is 1.96 bits per heavy atom. The molecular formula is C19H25N3O3. The molecule has 0 saturated carbocycles. The minimum Gasteiger partial charge on any atom is -0.351 e. The molecule has 2 N–H and O–H groups in total. The molecule has 1 aliphatic rings. The van der Waals surface area contributed by atoms with Gasteiger partial charge in [-0.25, -0.2) is 0 Å². The smallest absolute Gasteiger partial charge is 0.254 e. The normalized spacial score (nSPS) is 16.6. The summed E-state index contributed by atoms with van der Waals surface area (Å²) in [6, 6.07) is 6.32. The number of carbonyl (C=O) groups is 3. The van der Waals surface area contributed by atoms with Crippen LogP contribution < -0.4 is 10.6 Å². The zero-order valence-corrected chi connectivity index (χ0v) is 14.7. The van der Waals surface area contributed by atoms with E-state index in [0.717, 1.165) is 6.42 Å². The summed E-state index contributed by atoms with van der Waals surface area (Å²) in [6.45, 7) is 8.17. The molecule has 1 saturated heterocycles. The van der Waals surface area contributed by atoms with E-state index in [2.05, 4.69) is 17.2 Å². The number of nitrogens with one attached hydrogen (secondary N) is 2. The molecule has 134 valence electrons. The number of amides is 3. The second-order valence-electron chi connectivity index (χ2n) is 6.41. The van der Waals surface area contributed by atoms with Crippen LogP contribution in [0.1, 0.15) is 37.0 Å². The summed E-state index contributed by atoms with van der Waals surface area (Å²) >= 11 is 0. The van der Waals surface area contributed by atoms with Gasteiger partial charge in [0, 0.05) is 30.3 Å². The Bertz CT molecular complexity index is 652. The van der Waals surface area contributed by atoms with E-state index < -0.39 is 6.04 Å². The highest BCUT2D eigenvalue weighted by Crippen LogP contribution is 2.21. The first-order valence-corrected chi connectivity index (χ1v) is 8.54. The zero-order valence-electron chi connectivity index (χ0n) is 14.7. The lowest BCUT2D eigenvalue weighted by Gasteiger charge is -2.24. The minimum absolute atomic E-state index is 0.0717. The highest BCUT2D eigenvalue weighted by molar-refractivity contribution is 5.99. The first-order chi connectivity index (χ1) is 11.9. The zero-order chi connectivity index (χ0) is 18.4. The second-order valence-corrected chi connectivity index (χ2v) is 6.41. The Balaban J connectivity index is 2.05. The van der Waals surface area contributed by atoms with E-state index in [0.29, 0.717) is 30.8 Å². The standard InChI is InChI=1S/C19H25N3O3/c1-4-11-20-18(24)16-6-5-12-22(16)19(25)14-7-9-15(10-8-14)21-17(23)13(2)3/h4,7-10,13,16H,1,5-6,11-12H2,2-3H3,(H,20,24)(H,21,23). The molecule has 1 fully saturated rings. The predicted molar refractivity (Wildman–Crippen MR) is 97.2 cm³/mol. The summed E-state index contributed by atoms with van der Waals surface area (Å²) in [5.41, 5.74) is 1.16. The van der Waals surface area contributed by atoms with Crippen molar-refractivity contribution in [1.82, 2.24) is 10.2 Å². The molecule has 0 spiro atoms. The number of benzene rings is 1. The fraction of sp³-hybridized carbons (Fsp3) is 0.421. The molecule has 1 unspecified atom stereocenters. The molecule has 6 nitrogen and oxygen atoms in total. The number of rotatable bonds is 6. The number of carbonyl (C=O) groups excluding carboxylic acids is 3. The van der Waals surface area contributed by atoms with Crippen molar-refractivity contribution < 1.29 is 14.4 Å². The third-order valence-corrected chi connectivity index (χ3v) is 4.16. The molecular weight excluding hydrogens is 318 g/mol. The number of hydrogen-bond donors (Lipinski definition) is 2. The molecule has 0 aromatic heterocycles. The van der Waals surface area contributed by atoms with Crippen LogP contribution in [0.3, 0.4) is 0 Å². The van der Waals surface area contributed by atoms with E-state index in [1.165, 1.54) is 0 Å². The number of hydrogen-bond acceptors (Lipinski definition) is 3. The number of nitrogens with zero attached hydrogens (tertiary/aromatic N) is 1. The molecule has 0 bridgehead atoms. The van der Waals surface area contributed by atoms with Crippen LogP contribution in [0.2, 0.25) is 0 Å². The first kappa shape index (κ1) is 18.7. The topological polar surface area (TPSA) is 78.5 Å². The average Bonchev–Trinajstić information content (AvgIpc) is 3.09. The summed E-state index contributed by atoms with van der Waals surface area (Å²) in [5.74, 6) is -0.497. The molecule has 1 heterocycles. The van der Waals surface area contributed by atoms with E-state index in [4.69, 9.17) is 0 Å². The van der Waals surface area contributed by atoms with Gasteiger partial charge in [0.1, 0.15) is 6.04 Å². The van der Waals surface area contributed by atoms with E-state index in [1.54, 1.807) is 35.2 Å². The first-order valence-electron chi connectivity index (χ1n) is 8.54. The molecule has 25 heavy (non-hydrogen) atoms. The average molecular weight is 343 g/mol. The Hall–Kier alpha value is -2.63. The SMILES string of the molecule is C=CCNC(=O)C1CCCN1C(=O)c1ccc(NC(=O)C(C)C)cc1. The molecule has 6 heteroatoms. The minimum atomic E-state index is -0.437. The van der Waals surface area contributed by atoms with Gasteiger partial charge in [0.2, 0.25) is 11.8 Å². The second kappa shape index (κ2) is 8.46. The lowest BCUT2D eigenvalue weighted by Crippen LogP contribution is -2.46. The maximum atomic E-state index is 12.7. The van der Waals surface area contributed by atoms with Crippen LogP contribution in [0.25, 0.3) is 0 Å². The highest BCUT2D eigenvalue weighted by Gasteiger charge is 2.34. The molecule has 2 rings (SSSR count). The van der Waals surface area contributed by atoms with Gasteiger partial charge in [-0.05, 0) is 37.1 Å². The van der Waals surface area contributed by atoms with Crippen LogP contribution in [-0.2, 0) is 9.59 Å². The maximum absolute atomic E-state index is 12.7. The van der Waals surface area contributed by atoms with Crippen LogP contribution in [0, 0.1) is 5.92 Å². The summed E-state index contributed by atoms with van der Waals surface area (Å²) in [4.78, 5) is 38.2. The summed E-state index contributed by atoms with van der Waals surface area (Å²) in [6.07, 6.45) is 3.08. The molecule has 1 aliphatic heterocycles. The number of likely N-dealkylation sites (tertiary alicyclic amines) is 1. The van der Waals surface area contributed by atoms with Crippen molar-refractivity contribution in [2.75, 3.05) is 18.4 Å². The third kappa shape index (κ3) is 4.68. The van der Waals surface area contributed by atoms with Gasteiger partial charge < -0.3 is 15.5 Å². The van der Waals surface area contributed by atoms with Crippen molar-refractivity contribution in [1.29, 1.82) is 0 Å². The summed E-state index contributed by atoms with van der Waals surface area (Å²) < 4.78 is 0. The third-order valence-electron chi connectivity index (χ3n) is 4.16. The Morgan fingerprint density at radius 1 is 1.28 bits per heavy atom. The molecule has 1 aromatic rings. The van der Waals surface area contributed by atoms with Crippen LogP contribution >= 0.6 is 0 Å². The van der Waals surface area contributed by atoms with E-state index in [1.807, 2.05) is 13.8 Å². The molecule has 0 aliphatic carbocycles. The lowest BCUT2D eigenvalue weighted by atomic mass is 10.1. The largest absolute Gasteiger partial charge is 0.351 e. The Kier molecular flexibility index (Phi) is 6.33. The van der Waals surface area contributed by atoms with Crippen molar-refractivity contribution >= 4 is 23.4 Å². The fourth-order valence-electron chi connectivity index (χ4n) is 2.72. The van der Waals surface area contributed by atoms with Crippen molar-refractivity contribution in [2.45, 2.75) is 32.7 Å². The van der Waals surface area contributed by atoms with Crippen LogP contribution in [0.15, 0.2) is 36.9 Å². The summed E-state index contributed by atoms with van der Waals surface area (Å²) in [7, 11) is 0. The molecule has 1 aromatic carbocycles. The Labute approximate surface area is 148 Å². The van der Waals surface area contributed by atoms with Crippen LogP contribution in [0.5, 0.6) is 0 Å². The predicted octanol–water partition coefficient (Wildman–Crippen LogP) is 2.19. The molecule has 1 atom stereocenters. The van der Waals surface area contributed by atoms with Gasteiger partial charge >= 0.3 is 0 Å². The van der Waals surface area contributed by atoms with Gasteiger partial charge in [-0.3, -0.25) is 14.4 Å². The highest BCUT2D eigenvalue weighted by atomic mass is 16.2. The van der Waals surface area contributed by atoms with Crippen LogP contribution in [0.4, 0.5) is 5.69 Å². The van der Waals surface area contributed by atoms with Gasteiger partial charge in [-0.1, -0.05) is 19.9 Å². The van der Waals surface area contributed by atoms with Crippen molar-refractivity contribution in [3.05, 3.63) is 42.5 Å². The van der Waals surface area contributed by atoms with Crippen LogP contribution in [-0.4, -0.2) is 41.8 Å². The fourth-order valence-corrected chi connectivity index (χ4v) is 2.72. The summed E-state index contributed by atoms with van der Waals surface area (Å²) in [5, 5.41) is 5.54. The molecule has 3 amide bonds. The van der Waals surface area contributed by atoms with Gasteiger partial charge in [0.05, 0.1) is 0 Å². The Morgan fingerprint density at radius 3 is 2.56 bits per heavy atom.